The number of nitrogens with zero attached hydrogens (tertiary/aromatic N) is 2. The number of thiophene rings is 1. The van der Waals surface area contributed by atoms with E-state index in [-0.39, 0.29) is 17.8 Å². The van der Waals surface area contributed by atoms with E-state index in [0.29, 0.717) is 45.1 Å². The number of carbonyl (C=O) groups is 1. The third kappa shape index (κ3) is 6.46. The van der Waals surface area contributed by atoms with Crippen LogP contribution in [0.2, 0.25) is 0 Å². The number of primary amides is 1. The summed E-state index contributed by atoms with van der Waals surface area (Å²) in [4.78, 5) is 17.5. The van der Waals surface area contributed by atoms with Crippen molar-refractivity contribution in [3.63, 3.8) is 0 Å². The number of hydrogen-bond donors (Lipinski definition) is 3. The van der Waals surface area contributed by atoms with Crippen LogP contribution in [0.4, 0.5) is 28.9 Å². The Kier molecular flexibility index (Phi) is 8.28. The molecule has 3 aromatic rings. The van der Waals surface area contributed by atoms with Gasteiger partial charge in [0, 0.05) is 19.2 Å². The fourth-order valence-electron chi connectivity index (χ4n) is 4.32. The quantitative estimate of drug-likeness (QED) is 0.299. The molecule has 0 radical (unpaired) electrons. The number of anilines is 2. The molecule has 2 aromatic heterocycles. The number of likely N-dealkylation sites (tertiary alicyclic amines) is 1. The molecular weight excluding hydrogens is 522 g/mol. The Morgan fingerprint density at radius 2 is 2.13 bits per heavy atom. The minimum atomic E-state index is -4.43. The Morgan fingerprint density at radius 1 is 1.34 bits per heavy atom. The molecule has 0 bridgehead atoms. The maximum absolute atomic E-state index is 14.6. The van der Waals surface area contributed by atoms with Crippen LogP contribution in [-0.4, -0.2) is 68.0 Å². The molecule has 1 aliphatic rings. The molecule has 0 saturated carbocycles. The molecule has 0 spiro atoms. The van der Waals surface area contributed by atoms with E-state index in [0.717, 1.165) is 17.9 Å². The molecule has 4 N–H and O–H groups in total. The third-order valence-electron chi connectivity index (χ3n) is 6.19. The number of pyridine rings is 1. The van der Waals surface area contributed by atoms with E-state index in [1.807, 2.05) is 11.9 Å². The first-order chi connectivity index (χ1) is 18.1. The number of benzene rings is 1. The number of methoxy groups -OCH3 is 1. The number of nitrogens with one attached hydrogen (secondary N) is 2. The van der Waals surface area contributed by atoms with Gasteiger partial charge in [-0.25, -0.2) is 9.37 Å². The zero-order valence-corrected chi connectivity index (χ0v) is 21.6. The smallest absolute Gasteiger partial charge is 0.393 e. The van der Waals surface area contributed by atoms with Crippen molar-refractivity contribution < 1.29 is 27.1 Å². The third-order valence-corrected chi connectivity index (χ3v) is 7.39. The number of aromatic nitrogens is 1. The summed E-state index contributed by atoms with van der Waals surface area (Å²) in [5.74, 6) is 5.35. The predicted molar refractivity (Wildman–Crippen MR) is 141 cm³/mol. The normalized spacial score (nSPS) is 18.1. The Balaban J connectivity index is 1.60. The summed E-state index contributed by atoms with van der Waals surface area (Å²) in [7, 11) is 3.27. The highest BCUT2D eigenvalue weighted by atomic mass is 32.1. The molecule has 3 heterocycles. The largest absolute Gasteiger partial charge is 0.494 e. The number of hydrogen-bond acceptors (Lipinski definition) is 7. The van der Waals surface area contributed by atoms with Crippen molar-refractivity contribution in [3.8, 4) is 17.6 Å². The number of alkyl halides is 4. The standard InChI is InChI=1S/C26H27F4N5O2S/c1-35-10-8-18(17(27)14-35)34-19-6-3-5-15-16(12-26(28,29)30)23(38-24(15)19)7-4-9-32-21-13-33-20(25(31)36)11-22(21)37-2/h3,5-6,11,13,17-18,32,34H,8-10,12,14H2,1-2H3,(H2,31,36)/t17-,18+/m0/s1. The van der Waals surface area contributed by atoms with Gasteiger partial charge in [-0.15, -0.1) is 11.3 Å². The van der Waals surface area contributed by atoms with E-state index in [2.05, 4.69) is 27.5 Å². The van der Waals surface area contributed by atoms with E-state index < -0.39 is 30.7 Å². The van der Waals surface area contributed by atoms with Crippen molar-refractivity contribution >= 4 is 38.7 Å². The average molecular weight is 550 g/mol. The molecule has 2 atom stereocenters. The van der Waals surface area contributed by atoms with E-state index in [1.165, 1.54) is 19.4 Å². The summed E-state index contributed by atoms with van der Waals surface area (Å²) in [5, 5.41) is 6.66. The second-order valence-corrected chi connectivity index (χ2v) is 10.0. The molecular formula is C26H27F4N5O2S. The molecule has 0 aliphatic carbocycles. The van der Waals surface area contributed by atoms with Crippen LogP contribution in [0, 0.1) is 11.8 Å². The van der Waals surface area contributed by atoms with Crippen LogP contribution in [0.5, 0.6) is 5.75 Å². The van der Waals surface area contributed by atoms with E-state index >= 15 is 0 Å². The predicted octanol–water partition coefficient (Wildman–Crippen LogP) is 4.43. The molecule has 0 unspecified atom stereocenters. The van der Waals surface area contributed by atoms with E-state index in [4.69, 9.17) is 10.5 Å². The lowest BCUT2D eigenvalue weighted by molar-refractivity contribution is -0.126. The molecule has 7 nitrogen and oxygen atoms in total. The summed E-state index contributed by atoms with van der Waals surface area (Å²) in [6.07, 6.45) is -4.68. The highest BCUT2D eigenvalue weighted by Crippen LogP contribution is 2.39. The summed E-state index contributed by atoms with van der Waals surface area (Å²) < 4.78 is 61.0. The summed E-state index contributed by atoms with van der Waals surface area (Å²) in [5.41, 5.74) is 6.41. The van der Waals surface area contributed by atoms with Crippen molar-refractivity contribution in [1.29, 1.82) is 0 Å². The lowest BCUT2D eigenvalue weighted by Gasteiger charge is -2.33. The van der Waals surface area contributed by atoms with Gasteiger partial charge in [0.25, 0.3) is 5.91 Å². The number of piperidine rings is 1. The van der Waals surface area contributed by atoms with Gasteiger partial charge in [0.1, 0.15) is 17.6 Å². The molecule has 1 fully saturated rings. The molecule has 1 saturated heterocycles. The highest BCUT2D eigenvalue weighted by Gasteiger charge is 2.32. The first-order valence-corrected chi connectivity index (χ1v) is 12.6. The monoisotopic (exact) mass is 549 g/mol. The summed E-state index contributed by atoms with van der Waals surface area (Å²) in [6, 6.07) is 6.03. The molecule has 38 heavy (non-hydrogen) atoms. The molecule has 1 amide bonds. The van der Waals surface area contributed by atoms with Crippen LogP contribution >= 0.6 is 11.3 Å². The van der Waals surface area contributed by atoms with Gasteiger partial charge < -0.3 is 26.0 Å². The lowest BCUT2D eigenvalue weighted by Crippen LogP contribution is -2.46. The van der Waals surface area contributed by atoms with Crippen LogP contribution in [0.3, 0.4) is 0 Å². The number of amides is 1. The van der Waals surface area contributed by atoms with E-state index in [9.17, 15) is 22.4 Å². The van der Waals surface area contributed by atoms with Gasteiger partial charge in [-0.3, -0.25) is 4.79 Å². The first kappa shape index (κ1) is 27.5. The number of rotatable bonds is 7. The number of fused-ring (bicyclic) bond motifs is 1. The van der Waals surface area contributed by atoms with Gasteiger partial charge >= 0.3 is 6.18 Å². The van der Waals surface area contributed by atoms with Gasteiger partial charge in [-0.1, -0.05) is 24.0 Å². The lowest BCUT2D eigenvalue weighted by atomic mass is 10.0. The van der Waals surface area contributed by atoms with Crippen LogP contribution in [0.25, 0.3) is 10.1 Å². The average Bonchev–Trinajstić information content (AvgIpc) is 3.20. The number of nitrogens with two attached hydrogens (primary N) is 1. The van der Waals surface area contributed by atoms with Crippen molar-refractivity contribution in [2.75, 3.05) is 44.4 Å². The second kappa shape index (κ2) is 11.4. The van der Waals surface area contributed by atoms with Crippen molar-refractivity contribution in [1.82, 2.24) is 9.88 Å². The zero-order chi connectivity index (χ0) is 27.4. The van der Waals surface area contributed by atoms with Crippen LogP contribution in [0.1, 0.15) is 27.3 Å². The van der Waals surface area contributed by atoms with Crippen LogP contribution in [-0.2, 0) is 6.42 Å². The Labute approximate surface area is 221 Å². The fourth-order valence-corrected chi connectivity index (χ4v) is 5.49. The van der Waals surface area contributed by atoms with Gasteiger partial charge in [0.05, 0.1) is 53.3 Å². The topological polar surface area (TPSA) is 92.5 Å². The molecule has 202 valence electrons. The Morgan fingerprint density at radius 3 is 2.82 bits per heavy atom. The van der Waals surface area contributed by atoms with Gasteiger partial charge in [-0.2, -0.15) is 13.2 Å². The minimum absolute atomic E-state index is 0.0318. The number of ether oxygens (including phenoxy) is 1. The zero-order valence-electron chi connectivity index (χ0n) is 20.8. The van der Waals surface area contributed by atoms with Crippen LogP contribution < -0.4 is 21.1 Å². The van der Waals surface area contributed by atoms with Crippen LogP contribution in [0.15, 0.2) is 30.5 Å². The minimum Gasteiger partial charge on any atom is -0.494 e. The maximum Gasteiger partial charge on any atom is 0.393 e. The fraction of sp³-hybridized carbons (Fsp3) is 0.385. The molecule has 1 aliphatic heterocycles. The first-order valence-electron chi connectivity index (χ1n) is 11.8. The summed E-state index contributed by atoms with van der Waals surface area (Å²) >= 11 is 1.16. The number of halogens is 4. The van der Waals surface area contributed by atoms with Gasteiger partial charge in [-0.05, 0) is 30.5 Å². The summed E-state index contributed by atoms with van der Waals surface area (Å²) in [6.45, 7) is 1.11. The number of carbonyl (C=O) groups excluding carboxylic acids is 1. The molecule has 1 aromatic carbocycles. The SMILES string of the molecule is COc1cc(C(N)=O)ncc1NCC#Cc1sc2c(N[C@@H]3CCN(C)C[C@@H]3F)cccc2c1CC(F)(F)F. The van der Waals surface area contributed by atoms with Gasteiger partial charge in [0.15, 0.2) is 0 Å². The van der Waals surface area contributed by atoms with Gasteiger partial charge in [0.2, 0.25) is 0 Å². The molecule has 4 rings (SSSR count). The second-order valence-electron chi connectivity index (χ2n) is 8.99. The van der Waals surface area contributed by atoms with Crippen molar-refractivity contribution in [3.05, 3.63) is 46.6 Å². The maximum atomic E-state index is 14.6. The van der Waals surface area contributed by atoms with Crippen molar-refractivity contribution in [2.45, 2.75) is 31.2 Å². The Hall–Kier alpha value is -3.56. The van der Waals surface area contributed by atoms with Crippen molar-refractivity contribution in [2.24, 2.45) is 5.73 Å². The highest BCUT2D eigenvalue weighted by molar-refractivity contribution is 7.20. The Bertz CT molecular complexity index is 1380. The van der Waals surface area contributed by atoms with E-state index in [1.54, 1.807) is 18.2 Å². The molecule has 12 heteroatoms.